The maximum atomic E-state index is 11.3. The van der Waals surface area contributed by atoms with Crippen molar-refractivity contribution >= 4 is 21.9 Å². The number of carboxylic acid groups (broad SMARTS) is 1. The van der Waals surface area contributed by atoms with Crippen LogP contribution in [0, 0.1) is 6.92 Å². The minimum Gasteiger partial charge on any atom is -0.504 e. The number of aliphatic carboxylic acids is 1. The molecule has 2 N–H and O–H groups in total. The zero-order valence-corrected chi connectivity index (χ0v) is 11.2. The number of methoxy groups -OCH3 is 1. The van der Waals surface area contributed by atoms with Crippen molar-refractivity contribution in [3.8, 4) is 11.5 Å². The molecule has 0 bridgehead atoms. The third-order valence-corrected chi connectivity index (χ3v) is 4.14. The summed E-state index contributed by atoms with van der Waals surface area (Å²) in [4.78, 5) is 11.3. The molecule has 1 aliphatic rings. The SMILES string of the molecule is COc1c(C)c(Br)cc(C2(C(=O)O)CC2)c1O. The van der Waals surface area contributed by atoms with E-state index >= 15 is 0 Å². The van der Waals surface area contributed by atoms with E-state index in [1.54, 1.807) is 13.0 Å². The van der Waals surface area contributed by atoms with Gasteiger partial charge in [0.05, 0.1) is 12.5 Å². The Labute approximate surface area is 107 Å². The van der Waals surface area contributed by atoms with Gasteiger partial charge in [0.15, 0.2) is 11.5 Å². The molecular weight excluding hydrogens is 288 g/mol. The first-order valence-corrected chi connectivity index (χ1v) is 6.03. The summed E-state index contributed by atoms with van der Waals surface area (Å²) in [5, 5.41) is 19.3. The quantitative estimate of drug-likeness (QED) is 0.900. The number of phenols is 1. The standard InChI is InChI=1S/C12H13BrO4/c1-6-8(13)5-7(9(14)10(6)17-2)12(3-4-12)11(15)16/h5,14H,3-4H2,1-2H3,(H,15,16). The fourth-order valence-electron chi connectivity index (χ4n) is 2.05. The lowest BCUT2D eigenvalue weighted by Crippen LogP contribution is -2.20. The lowest BCUT2D eigenvalue weighted by atomic mass is 9.93. The Bertz CT molecular complexity index is 492. The molecule has 0 amide bonds. The molecule has 0 aromatic heterocycles. The first-order chi connectivity index (χ1) is 7.94. The van der Waals surface area contributed by atoms with Gasteiger partial charge in [0.25, 0.3) is 0 Å². The zero-order chi connectivity index (χ0) is 12.8. The Hall–Kier alpha value is -1.23. The Morgan fingerprint density at radius 3 is 2.53 bits per heavy atom. The fourth-order valence-corrected chi connectivity index (χ4v) is 2.46. The second-order valence-corrected chi connectivity index (χ2v) is 5.15. The van der Waals surface area contributed by atoms with Gasteiger partial charge in [-0.15, -0.1) is 0 Å². The number of phenolic OH excluding ortho intramolecular Hbond substituents is 1. The molecule has 1 aromatic carbocycles. The summed E-state index contributed by atoms with van der Waals surface area (Å²) in [5.41, 5.74) is 0.252. The number of benzene rings is 1. The number of carboxylic acids is 1. The summed E-state index contributed by atoms with van der Waals surface area (Å²) in [5.74, 6) is -0.624. The van der Waals surface area contributed by atoms with Crippen LogP contribution in [0.4, 0.5) is 0 Å². The van der Waals surface area contributed by atoms with Crippen LogP contribution in [0.5, 0.6) is 11.5 Å². The van der Waals surface area contributed by atoms with Crippen LogP contribution in [-0.4, -0.2) is 23.3 Å². The van der Waals surface area contributed by atoms with Crippen molar-refractivity contribution < 1.29 is 19.7 Å². The zero-order valence-electron chi connectivity index (χ0n) is 9.58. The lowest BCUT2D eigenvalue weighted by molar-refractivity contribution is -0.140. The number of ether oxygens (including phenoxy) is 1. The maximum Gasteiger partial charge on any atom is 0.314 e. The molecule has 92 valence electrons. The van der Waals surface area contributed by atoms with Crippen LogP contribution in [0.1, 0.15) is 24.0 Å². The summed E-state index contributed by atoms with van der Waals surface area (Å²) >= 11 is 3.36. The van der Waals surface area contributed by atoms with Gasteiger partial charge in [-0.05, 0) is 25.8 Å². The van der Waals surface area contributed by atoms with Crippen LogP contribution < -0.4 is 4.74 Å². The Morgan fingerprint density at radius 1 is 1.53 bits per heavy atom. The predicted molar refractivity (Wildman–Crippen MR) is 65.6 cm³/mol. The van der Waals surface area contributed by atoms with E-state index in [0.29, 0.717) is 24.2 Å². The minimum atomic E-state index is -0.937. The second-order valence-electron chi connectivity index (χ2n) is 4.30. The number of aromatic hydroxyl groups is 1. The maximum absolute atomic E-state index is 11.3. The molecule has 5 heteroatoms. The van der Waals surface area contributed by atoms with Crippen molar-refractivity contribution in [2.75, 3.05) is 7.11 Å². The smallest absolute Gasteiger partial charge is 0.314 e. The largest absolute Gasteiger partial charge is 0.504 e. The summed E-state index contributed by atoms with van der Waals surface area (Å²) < 4.78 is 5.87. The Balaban J connectivity index is 2.64. The normalized spacial score (nSPS) is 16.6. The minimum absolute atomic E-state index is 0.0619. The number of halogens is 1. The highest BCUT2D eigenvalue weighted by molar-refractivity contribution is 9.10. The summed E-state index contributed by atoms with van der Waals surface area (Å²) in [6.45, 7) is 1.80. The number of carbonyl (C=O) groups is 1. The van der Waals surface area contributed by atoms with Crippen LogP contribution in [-0.2, 0) is 10.2 Å². The van der Waals surface area contributed by atoms with Gasteiger partial charge in [-0.25, -0.2) is 0 Å². The third kappa shape index (κ3) is 1.69. The topological polar surface area (TPSA) is 66.8 Å². The van der Waals surface area contributed by atoms with Crippen molar-refractivity contribution in [2.24, 2.45) is 0 Å². The molecular formula is C12H13BrO4. The molecule has 0 atom stereocenters. The molecule has 0 aliphatic heterocycles. The highest BCUT2D eigenvalue weighted by atomic mass is 79.9. The molecule has 1 aliphatic carbocycles. The lowest BCUT2D eigenvalue weighted by Gasteiger charge is -2.17. The van der Waals surface area contributed by atoms with Crippen LogP contribution in [0.15, 0.2) is 10.5 Å². The summed E-state index contributed by atoms with van der Waals surface area (Å²) in [7, 11) is 1.46. The molecule has 0 radical (unpaired) electrons. The Morgan fingerprint density at radius 2 is 2.12 bits per heavy atom. The van der Waals surface area contributed by atoms with Crippen molar-refractivity contribution in [1.29, 1.82) is 0 Å². The highest BCUT2D eigenvalue weighted by Gasteiger charge is 2.54. The van der Waals surface area contributed by atoms with Gasteiger partial charge in [-0.2, -0.15) is 0 Å². The van der Waals surface area contributed by atoms with Crippen LogP contribution in [0.25, 0.3) is 0 Å². The number of hydrogen-bond donors (Lipinski definition) is 2. The molecule has 4 nitrogen and oxygen atoms in total. The molecule has 0 unspecified atom stereocenters. The van der Waals surface area contributed by atoms with E-state index in [-0.39, 0.29) is 5.75 Å². The van der Waals surface area contributed by atoms with Gasteiger partial charge >= 0.3 is 5.97 Å². The van der Waals surface area contributed by atoms with E-state index in [0.717, 1.165) is 10.0 Å². The van der Waals surface area contributed by atoms with Crippen LogP contribution >= 0.6 is 15.9 Å². The van der Waals surface area contributed by atoms with Crippen molar-refractivity contribution in [1.82, 2.24) is 0 Å². The predicted octanol–water partition coefficient (Wildman–Crippen LogP) is 2.59. The number of hydrogen-bond acceptors (Lipinski definition) is 3. The van der Waals surface area contributed by atoms with Crippen molar-refractivity contribution in [2.45, 2.75) is 25.2 Å². The van der Waals surface area contributed by atoms with E-state index in [1.165, 1.54) is 7.11 Å². The van der Waals surface area contributed by atoms with E-state index in [9.17, 15) is 15.0 Å². The van der Waals surface area contributed by atoms with Gasteiger partial charge in [0, 0.05) is 15.6 Å². The van der Waals surface area contributed by atoms with Gasteiger partial charge in [-0.1, -0.05) is 15.9 Å². The third-order valence-electron chi connectivity index (χ3n) is 3.32. The number of rotatable bonds is 3. The molecule has 0 spiro atoms. The molecule has 1 aromatic rings. The average Bonchev–Trinajstić information content (AvgIpc) is 3.05. The molecule has 2 rings (SSSR count). The first-order valence-electron chi connectivity index (χ1n) is 5.24. The van der Waals surface area contributed by atoms with E-state index < -0.39 is 11.4 Å². The van der Waals surface area contributed by atoms with E-state index in [1.807, 2.05) is 0 Å². The van der Waals surface area contributed by atoms with Crippen LogP contribution in [0.3, 0.4) is 0 Å². The average molecular weight is 301 g/mol. The Kier molecular flexibility index (Phi) is 2.81. The van der Waals surface area contributed by atoms with E-state index in [2.05, 4.69) is 15.9 Å². The fraction of sp³-hybridized carbons (Fsp3) is 0.417. The summed E-state index contributed by atoms with van der Waals surface area (Å²) in [6, 6.07) is 1.67. The van der Waals surface area contributed by atoms with Gasteiger partial charge in [-0.3, -0.25) is 4.79 Å². The molecule has 1 fully saturated rings. The molecule has 1 saturated carbocycles. The molecule has 0 saturated heterocycles. The van der Waals surface area contributed by atoms with Gasteiger partial charge in [0.1, 0.15) is 0 Å². The second kappa shape index (κ2) is 3.91. The summed E-state index contributed by atoms with van der Waals surface area (Å²) in [6.07, 6.45) is 1.10. The van der Waals surface area contributed by atoms with Gasteiger partial charge < -0.3 is 14.9 Å². The first kappa shape index (κ1) is 12.2. The molecule has 17 heavy (non-hydrogen) atoms. The highest BCUT2D eigenvalue weighted by Crippen LogP contribution is 2.54. The van der Waals surface area contributed by atoms with Crippen molar-refractivity contribution in [3.63, 3.8) is 0 Å². The monoisotopic (exact) mass is 300 g/mol. The van der Waals surface area contributed by atoms with Gasteiger partial charge in [0.2, 0.25) is 0 Å². The van der Waals surface area contributed by atoms with E-state index in [4.69, 9.17) is 4.74 Å². The van der Waals surface area contributed by atoms with Crippen LogP contribution in [0.2, 0.25) is 0 Å². The molecule has 0 heterocycles. The van der Waals surface area contributed by atoms with Crippen molar-refractivity contribution in [3.05, 3.63) is 21.7 Å².